The van der Waals surface area contributed by atoms with Gasteiger partial charge in [-0.1, -0.05) is 32.0 Å². The number of benzene rings is 1. The SMILES string of the molecule is CN=C(NCCCCN(C)c1ccccc1)NC(C)C(C)C. The third kappa shape index (κ3) is 6.83. The van der Waals surface area contributed by atoms with Gasteiger partial charge < -0.3 is 15.5 Å². The Morgan fingerprint density at radius 2 is 1.82 bits per heavy atom. The first-order chi connectivity index (χ1) is 10.5. The molecule has 0 aliphatic rings. The Bertz CT molecular complexity index is 428. The zero-order valence-corrected chi connectivity index (χ0v) is 14.8. The summed E-state index contributed by atoms with van der Waals surface area (Å²) in [4.78, 5) is 6.57. The van der Waals surface area contributed by atoms with Crippen LogP contribution >= 0.6 is 0 Å². The van der Waals surface area contributed by atoms with Gasteiger partial charge >= 0.3 is 0 Å². The molecule has 2 N–H and O–H groups in total. The van der Waals surface area contributed by atoms with Crippen LogP contribution in [0.15, 0.2) is 35.3 Å². The quantitative estimate of drug-likeness (QED) is 0.440. The molecule has 0 saturated carbocycles. The highest BCUT2D eigenvalue weighted by Crippen LogP contribution is 2.11. The molecule has 0 amide bonds. The van der Waals surface area contributed by atoms with E-state index in [0.29, 0.717) is 12.0 Å². The lowest BCUT2D eigenvalue weighted by Crippen LogP contribution is -2.44. The van der Waals surface area contributed by atoms with Gasteiger partial charge in [-0.05, 0) is 37.8 Å². The summed E-state index contributed by atoms with van der Waals surface area (Å²) >= 11 is 0. The fourth-order valence-corrected chi connectivity index (χ4v) is 2.07. The van der Waals surface area contributed by atoms with E-state index in [0.717, 1.165) is 31.9 Å². The van der Waals surface area contributed by atoms with E-state index in [1.54, 1.807) is 0 Å². The molecule has 0 fully saturated rings. The van der Waals surface area contributed by atoms with Gasteiger partial charge in [0.05, 0.1) is 0 Å². The van der Waals surface area contributed by atoms with Crippen LogP contribution in [0.25, 0.3) is 0 Å². The predicted molar refractivity (Wildman–Crippen MR) is 97.7 cm³/mol. The molecule has 1 aromatic rings. The molecule has 4 heteroatoms. The van der Waals surface area contributed by atoms with Crippen LogP contribution in [-0.4, -0.2) is 39.2 Å². The lowest BCUT2D eigenvalue weighted by molar-refractivity contribution is 0.480. The minimum Gasteiger partial charge on any atom is -0.375 e. The standard InChI is InChI=1S/C18H32N4/c1-15(2)16(3)21-18(19-4)20-13-9-10-14-22(5)17-11-7-6-8-12-17/h6-8,11-12,15-16H,9-10,13-14H2,1-5H3,(H2,19,20,21). The Kier molecular flexibility index (Phi) is 8.41. The minimum absolute atomic E-state index is 0.426. The molecule has 1 unspecified atom stereocenters. The van der Waals surface area contributed by atoms with Crippen LogP contribution in [0.5, 0.6) is 0 Å². The molecule has 0 spiro atoms. The summed E-state index contributed by atoms with van der Waals surface area (Å²) in [6.07, 6.45) is 2.29. The molecule has 124 valence electrons. The van der Waals surface area contributed by atoms with Crippen LogP contribution in [0.1, 0.15) is 33.6 Å². The third-order valence-corrected chi connectivity index (χ3v) is 4.00. The van der Waals surface area contributed by atoms with Crippen molar-refractivity contribution in [3.05, 3.63) is 30.3 Å². The van der Waals surface area contributed by atoms with E-state index in [-0.39, 0.29) is 0 Å². The van der Waals surface area contributed by atoms with Crippen molar-refractivity contribution in [3.63, 3.8) is 0 Å². The number of unbranched alkanes of at least 4 members (excludes halogenated alkanes) is 1. The van der Waals surface area contributed by atoms with E-state index >= 15 is 0 Å². The van der Waals surface area contributed by atoms with Gasteiger partial charge in [0.15, 0.2) is 5.96 Å². The van der Waals surface area contributed by atoms with Crippen molar-refractivity contribution >= 4 is 11.6 Å². The Labute approximate surface area is 136 Å². The molecule has 0 bridgehead atoms. The average Bonchev–Trinajstić information content (AvgIpc) is 2.53. The fraction of sp³-hybridized carbons (Fsp3) is 0.611. The summed E-state index contributed by atoms with van der Waals surface area (Å²) in [5.74, 6) is 1.50. The monoisotopic (exact) mass is 304 g/mol. The maximum Gasteiger partial charge on any atom is 0.191 e. The van der Waals surface area contributed by atoms with Crippen LogP contribution in [0.3, 0.4) is 0 Å². The molecule has 0 aromatic heterocycles. The molecule has 0 saturated heterocycles. The summed E-state index contributed by atoms with van der Waals surface area (Å²) in [6, 6.07) is 10.9. The van der Waals surface area contributed by atoms with Gasteiger partial charge in [0.2, 0.25) is 0 Å². The number of anilines is 1. The highest BCUT2D eigenvalue weighted by atomic mass is 15.2. The van der Waals surface area contributed by atoms with Crippen molar-refractivity contribution in [2.45, 2.75) is 39.7 Å². The van der Waals surface area contributed by atoms with E-state index in [1.807, 2.05) is 7.05 Å². The highest BCUT2D eigenvalue weighted by molar-refractivity contribution is 5.79. The molecule has 22 heavy (non-hydrogen) atoms. The average molecular weight is 304 g/mol. The van der Waals surface area contributed by atoms with Crippen LogP contribution in [0.2, 0.25) is 0 Å². The fourth-order valence-electron chi connectivity index (χ4n) is 2.07. The Hall–Kier alpha value is -1.71. The summed E-state index contributed by atoms with van der Waals surface area (Å²) in [7, 11) is 3.97. The van der Waals surface area contributed by atoms with Crippen molar-refractivity contribution in [2.75, 3.05) is 32.1 Å². The van der Waals surface area contributed by atoms with Gasteiger partial charge in [0.25, 0.3) is 0 Å². The topological polar surface area (TPSA) is 39.7 Å². The van der Waals surface area contributed by atoms with E-state index in [4.69, 9.17) is 0 Å². The van der Waals surface area contributed by atoms with Gasteiger partial charge in [-0.15, -0.1) is 0 Å². The molecule has 0 aliphatic carbocycles. The minimum atomic E-state index is 0.426. The zero-order chi connectivity index (χ0) is 16.4. The second-order valence-corrected chi connectivity index (χ2v) is 6.14. The number of hydrogen-bond acceptors (Lipinski definition) is 2. The zero-order valence-electron chi connectivity index (χ0n) is 14.8. The lowest BCUT2D eigenvalue weighted by Gasteiger charge is -2.21. The van der Waals surface area contributed by atoms with Gasteiger partial charge in [-0.3, -0.25) is 4.99 Å². The van der Waals surface area contributed by atoms with E-state index in [2.05, 4.69) is 78.7 Å². The first kappa shape index (κ1) is 18.3. The Morgan fingerprint density at radius 1 is 1.14 bits per heavy atom. The molecule has 0 radical (unpaired) electrons. The molecular formula is C18H32N4. The molecule has 4 nitrogen and oxygen atoms in total. The Balaban J connectivity index is 2.19. The molecule has 1 aromatic carbocycles. The third-order valence-electron chi connectivity index (χ3n) is 4.00. The first-order valence-corrected chi connectivity index (χ1v) is 8.28. The van der Waals surface area contributed by atoms with Crippen LogP contribution < -0.4 is 15.5 Å². The number of hydrogen-bond donors (Lipinski definition) is 2. The first-order valence-electron chi connectivity index (χ1n) is 8.28. The number of nitrogens with one attached hydrogen (secondary N) is 2. The molecule has 1 atom stereocenters. The second-order valence-electron chi connectivity index (χ2n) is 6.14. The summed E-state index contributed by atoms with van der Waals surface area (Å²) in [6.45, 7) is 8.63. The van der Waals surface area contributed by atoms with Crippen molar-refractivity contribution in [2.24, 2.45) is 10.9 Å². The van der Waals surface area contributed by atoms with Crippen molar-refractivity contribution in [3.8, 4) is 0 Å². The lowest BCUT2D eigenvalue weighted by atomic mass is 10.1. The molecule has 0 aliphatic heterocycles. The highest BCUT2D eigenvalue weighted by Gasteiger charge is 2.08. The molecular weight excluding hydrogens is 272 g/mol. The number of rotatable bonds is 8. The number of aliphatic imine (C=N–C) groups is 1. The maximum atomic E-state index is 4.27. The summed E-state index contributed by atoms with van der Waals surface area (Å²) in [5.41, 5.74) is 1.28. The largest absolute Gasteiger partial charge is 0.375 e. The van der Waals surface area contributed by atoms with E-state index in [1.165, 1.54) is 5.69 Å². The van der Waals surface area contributed by atoms with Crippen LogP contribution in [0, 0.1) is 5.92 Å². The van der Waals surface area contributed by atoms with Gasteiger partial charge in [-0.25, -0.2) is 0 Å². The summed E-state index contributed by atoms with van der Waals surface area (Å²) < 4.78 is 0. The van der Waals surface area contributed by atoms with Crippen LogP contribution in [-0.2, 0) is 0 Å². The van der Waals surface area contributed by atoms with E-state index in [9.17, 15) is 0 Å². The maximum absolute atomic E-state index is 4.27. The molecule has 1 rings (SSSR count). The van der Waals surface area contributed by atoms with Crippen molar-refractivity contribution < 1.29 is 0 Å². The van der Waals surface area contributed by atoms with Gasteiger partial charge in [-0.2, -0.15) is 0 Å². The second kappa shape index (κ2) is 10.1. The van der Waals surface area contributed by atoms with Gasteiger partial charge in [0, 0.05) is 38.9 Å². The summed E-state index contributed by atoms with van der Waals surface area (Å²) in [5, 5.41) is 6.81. The van der Waals surface area contributed by atoms with Gasteiger partial charge in [0.1, 0.15) is 0 Å². The Morgan fingerprint density at radius 3 is 2.41 bits per heavy atom. The predicted octanol–water partition coefficient (Wildman–Crippen LogP) is 3.11. The number of nitrogens with zero attached hydrogens (tertiary/aromatic N) is 2. The van der Waals surface area contributed by atoms with Crippen molar-refractivity contribution in [1.29, 1.82) is 0 Å². The van der Waals surface area contributed by atoms with Crippen molar-refractivity contribution in [1.82, 2.24) is 10.6 Å². The smallest absolute Gasteiger partial charge is 0.191 e. The molecule has 0 heterocycles. The number of para-hydroxylation sites is 1. The number of guanidine groups is 1. The van der Waals surface area contributed by atoms with E-state index < -0.39 is 0 Å². The van der Waals surface area contributed by atoms with Crippen LogP contribution in [0.4, 0.5) is 5.69 Å². The normalized spacial score (nSPS) is 13.1.